The third-order valence-corrected chi connectivity index (χ3v) is 2.43. The number of carbonyl (C=O) groups is 1. The van der Waals surface area contributed by atoms with Crippen molar-refractivity contribution in [3.8, 4) is 0 Å². The Morgan fingerprint density at radius 3 is 3.08 bits per heavy atom. The molecule has 0 bridgehead atoms. The average molecular weight is 180 g/mol. The summed E-state index contributed by atoms with van der Waals surface area (Å²) in [6.45, 7) is 0. The van der Waals surface area contributed by atoms with Gasteiger partial charge in [0.15, 0.2) is 0 Å². The molecule has 0 spiro atoms. The number of rotatable bonds is 1. The molecule has 1 aliphatic rings. The van der Waals surface area contributed by atoms with Crippen molar-refractivity contribution in [3.63, 3.8) is 0 Å². The van der Waals surface area contributed by atoms with Crippen LogP contribution in [0.2, 0.25) is 0 Å². The van der Waals surface area contributed by atoms with Gasteiger partial charge in [0.05, 0.1) is 18.7 Å². The number of carbonyl (C=O) groups excluding carboxylic acids is 1. The van der Waals surface area contributed by atoms with E-state index in [1.807, 2.05) is 13.2 Å². The van der Waals surface area contributed by atoms with E-state index in [1.165, 1.54) is 12.7 Å². The highest BCUT2D eigenvalue weighted by atomic mass is 16.5. The molecule has 1 heterocycles. The normalized spacial score (nSPS) is 20.0. The van der Waals surface area contributed by atoms with Crippen LogP contribution in [0.3, 0.4) is 0 Å². The zero-order chi connectivity index (χ0) is 9.42. The van der Waals surface area contributed by atoms with Crippen LogP contribution in [0, 0.1) is 5.92 Å². The van der Waals surface area contributed by atoms with Gasteiger partial charge in [0.25, 0.3) is 0 Å². The molecular formula is C9H12N2O2. The molecule has 0 N–H and O–H groups in total. The third kappa shape index (κ3) is 1.32. The van der Waals surface area contributed by atoms with Gasteiger partial charge in [0, 0.05) is 19.7 Å². The first-order chi connectivity index (χ1) is 6.20. The molecule has 0 aliphatic heterocycles. The first-order valence-electron chi connectivity index (χ1n) is 4.30. The van der Waals surface area contributed by atoms with E-state index in [9.17, 15) is 4.79 Å². The topological polar surface area (TPSA) is 44.1 Å². The smallest absolute Gasteiger partial charge is 0.309 e. The summed E-state index contributed by atoms with van der Waals surface area (Å²) in [5.74, 6) is -0.135. The number of aryl methyl sites for hydroxylation is 1. The maximum absolute atomic E-state index is 11.2. The highest BCUT2D eigenvalue weighted by molar-refractivity contribution is 5.74. The van der Waals surface area contributed by atoms with Crippen LogP contribution in [-0.2, 0) is 29.4 Å². The summed E-state index contributed by atoms with van der Waals surface area (Å²) >= 11 is 0. The minimum atomic E-state index is -0.124. The van der Waals surface area contributed by atoms with Crippen molar-refractivity contribution in [2.45, 2.75) is 12.8 Å². The zero-order valence-corrected chi connectivity index (χ0v) is 7.78. The lowest BCUT2D eigenvalue weighted by atomic mass is 10.1. The predicted molar refractivity (Wildman–Crippen MR) is 46.1 cm³/mol. The Hall–Kier alpha value is -1.32. The van der Waals surface area contributed by atoms with Gasteiger partial charge < -0.3 is 4.74 Å². The Labute approximate surface area is 76.5 Å². The molecular weight excluding hydrogens is 168 g/mol. The Balaban J connectivity index is 2.15. The summed E-state index contributed by atoms with van der Waals surface area (Å²) in [6, 6.07) is 0. The van der Waals surface area contributed by atoms with E-state index in [-0.39, 0.29) is 11.9 Å². The van der Waals surface area contributed by atoms with E-state index in [2.05, 4.69) is 5.10 Å². The van der Waals surface area contributed by atoms with Gasteiger partial charge in [-0.3, -0.25) is 9.48 Å². The number of hydrogen-bond acceptors (Lipinski definition) is 3. The van der Waals surface area contributed by atoms with Crippen LogP contribution in [-0.4, -0.2) is 22.9 Å². The SMILES string of the molecule is COC(=O)[C@@H]1Cc2cn(C)nc2C1. The van der Waals surface area contributed by atoms with Crippen molar-refractivity contribution >= 4 is 5.97 Å². The first-order valence-corrected chi connectivity index (χ1v) is 4.30. The second kappa shape index (κ2) is 2.87. The molecule has 1 atom stereocenters. The molecule has 70 valence electrons. The average Bonchev–Trinajstić information content (AvgIpc) is 2.59. The molecule has 1 aliphatic carbocycles. The standard InChI is InChI=1S/C9H12N2O2/c1-11-5-7-3-6(9(12)13-2)4-8(7)10-11/h5-6H,3-4H2,1-2H3/t6-/m1/s1. The Bertz CT molecular complexity index is 320. The monoisotopic (exact) mass is 180 g/mol. The maximum atomic E-state index is 11.2. The minimum absolute atomic E-state index is 0.0105. The van der Waals surface area contributed by atoms with Crippen LogP contribution in [0.25, 0.3) is 0 Å². The lowest BCUT2D eigenvalue weighted by Gasteiger charge is -2.05. The van der Waals surface area contributed by atoms with Gasteiger partial charge in [-0.2, -0.15) is 5.10 Å². The van der Waals surface area contributed by atoms with Gasteiger partial charge in [-0.05, 0) is 12.0 Å². The molecule has 2 rings (SSSR count). The van der Waals surface area contributed by atoms with E-state index in [0.29, 0.717) is 0 Å². The molecule has 1 aromatic heterocycles. The number of nitrogens with zero attached hydrogens (tertiary/aromatic N) is 2. The van der Waals surface area contributed by atoms with E-state index in [0.717, 1.165) is 18.5 Å². The second-order valence-electron chi connectivity index (χ2n) is 3.40. The summed E-state index contributed by atoms with van der Waals surface area (Å²) in [5, 5.41) is 4.27. The Morgan fingerprint density at radius 1 is 1.69 bits per heavy atom. The van der Waals surface area contributed by atoms with Crippen molar-refractivity contribution < 1.29 is 9.53 Å². The van der Waals surface area contributed by atoms with Crippen LogP contribution in [0.5, 0.6) is 0 Å². The molecule has 0 saturated heterocycles. The Kier molecular flexibility index (Phi) is 1.83. The largest absolute Gasteiger partial charge is 0.469 e. The van der Waals surface area contributed by atoms with Crippen LogP contribution in [0.4, 0.5) is 0 Å². The fourth-order valence-corrected chi connectivity index (χ4v) is 1.83. The molecule has 4 nitrogen and oxygen atoms in total. The molecule has 0 saturated carbocycles. The number of hydrogen-bond donors (Lipinski definition) is 0. The molecule has 0 radical (unpaired) electrons. The first kappa shape index (κ1) is 8.29. The number of ether oxygens (including phenoxy) is 1. The molecule has 0 aromatic carbocycles. The highest BCUT2D eigenvalue weighted by Crippen LogP contribution is 2.25. The number of methoxy groups -OCH3 is 1. The van der Waals surface area contributed by atoms with Gasteiger partial charge in [0.1, 0.15) is 0 Å². The van der Waals surface area contributed by atoms with Gasteiger partial charge in [-0.15, -0.1) is 0 Å². The van der Waals surface area contributed by atoms with Gasteiger partial charge in [0.2, 0.25) is 0 Å². The highest BCUT2D eigenvalue weighted by Gasteiger charge is 2.30. The molecule has 0 amide bonds. The van der Waals surface area contributed by atoms with Crippen molar-refractivity contribution in [3.05, 3.63) is 17.5 Å². The summed E-state index contributed by atoms with van der Waals surface area (Å²) < 4.78 is 6.48. The Morgan fingerprint density at radius 2 is 2.46 bits per heavy atom. The molecule has 4 heteroatoms. The van der Waals surface area contributed by atoms with Crippen molar-refractivity contribution in [2.24, 2.45) is 13.0 Å². The lowest BCUT2D eigenvalue weighted by Crippen LogP contribution is -2.16. The molecule has 1 aromatic rings. The summed E-state index contributed by atoms with van der Waals surface area (Å²) in [6.07, 6.45) is 3.47. The minimum Gasteiger partial charge on any atom is -0.469 e. The summed E-state index contributed by atoms with van der Waals surface area (Å²) in [5.41, 5.74) is 2.22. The quantitative estimate of drug-likeness (QED) is 0.584. The van der Waals surface area contributed by atoms with Gasteiger partial charge >= 0.3 is 5.97 Å². The number of esters is 1. The number of aromatic nitrogens is 2. The summed E-state index contributed by atoms with van der Waals surface area (Å²) in [4.78, 5) is 11.2. The second-order valence-corrected chi connectivity index (χ2v) is 3.40. The van der Waals surface area contributed by atoms with Gasteiger partial charge in [-0.25, -0.2) is 0 Å². The fourth-order valence-electron chi connectivity index (χ4n) is 1.83. The van der Waals surface area contributed by atoms with E-state index in [1.54, 1.807) is 4.68 Å². The van der Waals surface area contributed by atoms with Crippen LogP contribution in [0.1, 0.15) is 11.3 Å². The molecule has 0 fully saturated rings. The van der Waals surface area contributed by atoms with Crippen molar-refractivity contribution in [1.29, 1.82) is 0 Å². The zero-order valence-electron chi connectivity index (χ0n) is 7.78. The van der Waals surface area contributed by atoms with Crippen LogP contribution >= 0.6 is 0 Å². The maximum Gasteiger partial charge on any atom is 0.309 e. The molecule has 13 heavy (non-hydrogen) atoms. The van der Waals surface area contributed by atoms with E-state index in [4.69, 9.17) is 4.74 Å². The van der Waals surface area contributed by atoms with Crippen molar-refractivity contribution in [1.82, 2.24) is 9.78 Å². The van der Waals surface area contributed by atoms with Crippen molar-refractivity contribution in [2.75, 3.05) is 7.11 Å². The fraction of sp³-hybridized carbons (Fsp3) is 0.556. The molecule has 0 unspecified atom stereocenters. The van der Waals surface area contributed by atoms with Gasteiger partial charge in [-0.1, -0.05) is 0 Å². The predicted octanol–water partition coefficient (Wildman–Crippen LogP) is 0.308. The van der Waals surface area contributed by atoms with E-state index >= 15 is 0 Å². The third-order valence-electron chi connectivity index (χ3n) is 2.43. The van der Waals surface area contributed by atoms with Crippen LogP contribution in [0.15, 0.2) is 6.20 Å². The summed E-state index contributed by atoms with van der Waals surface area (Å²) in [7, 11) is 3.32. The van der Waals surface area contributed by atoms with Crippen LogP contribution < -0.4 is 0 Å². The van der Waals surface area contributed by atoms with E-state index < -0.39 is 0 Å². The lowest BCUT2D eigenvalue weighted by molar-refractivity contribution is -0.145. The number of fused-ring (bicyclic) bond motifs is 1.